The SMILES string of the molecule is CC(C)Cc1[c]c2c(c(Cc3ccccc3)n1)COC2. The smallest absolute Gasteiger partial charge is 0.0743 e. The normalized spacial score (nSPS) is 13.8. The summed E-state index contributed by atoms with van der Waals surface area (Å²) in [6.07, 6.45) is 1.86. The maximum Gasteiger partial charge on any atom is 0.0743 e. The summed E-state index contributed by atoms with van der Waals surface area (Å²) in [5, 5.41) is 0. The molecule has 0 aliphatic carbocycles. The first-order valence-corrected chi connectivity index (χ1v) is 7.27. The summed E-state index contributed by atoms with van der Waals surface area (Å²) in [5.74, 6) is 0.601. The molecule has 3 rings (SSSR count). The van der Waals surface area contributed by atoms with E-state index >= 15 is 0 Å². The van der Waals surface area contributed by atoms with Crippen LogP contribution in [0.3, 0.4) is 0 Å². The van der Waals surface area contributed by atoms with Crippen LogP contribution in [0.5, 0.6) is 0 Å². The predicted molar refractivity (Wildman–Crippen MR) is 79.4 cm³/mol. The summed E-state index contributed by atoms with van der Waals surface area (Å²) >= 11 is 0. The summed E-state index contributed by atoms with van der Waals surface area (Å²) < 4.78 is 5.58. The van der Waals surface area contributed by atoms with Crippen LogP contribution >= 0.6 is 0 Å². The number of rotatable bonds is 4. The van der Waals surface area contributed by atoms with Crippen molar-refractivity contribution < 1.29 is 4.74 Å². The van der Waals surface area contributed by atoms with Gasteiger partial charge >= 0.3 is 0 Å². The molecule has 1 radical (unpaired) electrons. The van der Waals surface area contributed by atoms with Crippen molar-refractivity contribution in [1.29, 1.82) is 0 Å². The van der Waals surface area contributed by atoms with Gasteiger partial charge < -0.3 is 4.74 Å². The Morgan fingerprint density at radius 1 is 1.20 bits per heavy atom. The third kappa shape index (κ3) is 2.91. The Bertz CT molecular complexity index is 590. The van der Waals surface area contributed by atoms with Crippen molar-refractivity contribution in [2.24, 2.45) is 5.92 Å². The van der Waals surface area contributed by atoms with Gasteiger partial charge in [0.25, 0.3) is 0 Å². The molecule has 0 atom stereocenters. The van der Waals surface area contributed by atoms with Crippen LogP contribution in [0, 0.1) is 12.0 Å². The van der Waals surface area contributed by atoms with E-state index in [2.05, 4.69) is 44.2 Å². The van der Waals surface area contributed by atoms with Crippen LogP contribution in [0.25, 0.3) is 0 Å². The van der Waals surface area contributed by atoms with Crippen LogP contribution in [-0.2, 0) is 30.8 Å². The van der Waals surface area contributed by atoms with E-state index in [1.54, 1.807) is 0 Å². The van der Waals surface area contributed by atoms with Gasteiger partial charge in [0.1, 0.15) is 0 Å². The van der Waals surface area contributed by atoms with Crippen molar-refractivity contribution in [2.45, 2.75) is 39.9 Å². The Kier molecular flexibility index (Phi) is 3.83. The topological polar surface area (TPSA) is 22.1 Å². The van der Waals surface area contributed by atoms with Crippen molar-refractivity contribution in [3.63, 3.8) is 0 Å². The van der Waals surface area contributed by atoms with Gasteiger partial charge in [-0.05, 0) is 23.5 Å². The number of nitrogens with zero attached hydrogens (tertiary/aromatic N) is 1. The van der Waals surface area contributed by atoms with E-state index in [0.717, 1.165) is 24.2 Å². The molecule has 0 amide bonds. The van der Waals surface area contributed by atoms with Gasteiger partial charge in [0.2, 0.25) is 0 Å². The number of ether oxygens (including phenoxy) is 1. The molecule has 20 heavy (non-hydrogen) atoms. The first kappa shape index (κ1) is 13.3. The molecule has 0 fully saturated rings. The van der Waals surface area contributed by atoms with Gasteiger partial charge in [0, 0.05) is 23.7 Å². The molecule has 2 nitrogen and oxygen atoms in total. The van der Waals surface area contributed by atoms with Crippen molar-refractivity contribution in [3.05, 3.63) is 64.5 Å². The molecule has 2 heterocycles. The van der Waals surface area contributed by atoms with Crippen molar-refractivity contribution in [1.82, 2.24) is 4.98 Å². The van der Waals surface area contributed by atoms with Crippen LogP contribution in [0.15, 0.2) is 30.3 Å². The molecule has 0 saturated carbocycles. The Morgan fingerprint density at radius 3 is 2.75 bits per heavy atom. The molecule has 2 aromatic rings. The largest absolute Gasteiger partial charge is 0.372 e. The second-order valence-electron chi connectivity index (χ2n) is 5.84. The molecule has 1 aromatic heterocycles. The molecular formula is C18H20NO. The molecule has 0 saturated heterocycles. The van der Waals surface area contributed by atoms with Gasteiger partial charge in [-0.15, -0.1) is 0 Å². The van der Waals surface area contributed by atoms with Crippen LogP contribution in [0.4, 0.5) is 0 Å². The highest BCUT2D eigenvalue weighted by Crippen LogP contribution is 2.25. The van der Waals surface area contributed by atoms with Gasteiger partial charge in [-0.1, -0.05) is 44.2 Å². The number of pyridine rings is 1. The van der Waals surface area contributed by atoms with Crippen LogP contribution in [-0.4, -0.2) is 4.98 Å². The number of aromatic nitrogens is 1. The van der Waals surface area contributed by atoms with Crippen LogP contribution < -0.4 is 0 Å². The highest BCUT2D eigenvalue weighted by molar-refractivity contribution is 5.36. The van der Waals surface area contributed by atoms with E-state index in [9.17, 15) is 0 Å². The number of hydrogen-bond donors (Lipinski definition) is 0. The number of fused-ring (bicyclic) bond motifs is 1. The minimum atomic E-state index is 0.601. The van der Waals surface area contributed by atoms with Gasteiger partial charge in [-0.3, -0.25) is 4.98 Å². The Balaban J connectivity index is 1.94. The van der Waals surface area contributed by atoms with E-state index in [0.29, 0.717) is 19.1 Å². The number of hydrogen-bond acceptors (Lipinski definition) is 2. The fraction of sp³-hybridized carbons (Fsp3) is 0.389. The second kappa shape index (κ2) is 5.76. The highest BCUT2D eigenvalue weighted by atomic mass is 16.5. The molecule has 0 bridgehead atoms. The van der Waals surface area contributed by atoms with E-state index in [4.69, 9.17) is 9.72 Å². The van der Waals surface area contributed by atoms with E-state index in [1.807, 2.05) is 6.07 Å². The summed E-state index contributed by atoms with van der Waals surface area (Å²) in [6, 6.07) is 14.0. The Labute approximate surface area is 120 Å². The minimum Gasteiger partial charge on any atom is -0.372 e. The molecule has 2 heteroatoms. The summed E-state index contributed by atoms with van der Waals surface area (Å²) in [4.78, 5) is 4.84. The van der Waals surface area contributed by atoms with Crippen LogP contribution in [0.2, 0.25) is 0 Å². The first-order chi connectivity index (χ1) is 9.72. The summed E-state index contributed by atoms with van der Waals surface area (Å²) in [6.45, 7) is 5.81. The average Bonchev–Trinajstić information content (AvgIpc) is 2.87. The lowest BCUT2D eigenvalue weighted by Crippen LogP contribution is -2.06. The molecule has 0 spiro atoms. The average molecular weight is 266 g/mol. The molecule has 0 unspecified atom stereocenters. The van der Waals surface area contributed by atoms with Crippen molar-refractivity contribution >= 4 is 0 Å². The molecule has 103 valence electrons. The third-order valence-electron chi connectivity index (χ3n) is 3.59. The Hall–Kier alpha value is -1.67. The highest BCUT2D eigenvalue weighted by Gasteiger charge is 2.19. The molecule has 1 aromatic carbocycles. The van der Waals surface area contributed by atoms with Gasteiger partial charge in [-0.25, -0.2) is 0 Å². The van der Waals surface area contributed by atoms with Crippen molar-refractivity contribution in [3.8, 4) is 0 Å². The zero-order valence-corrected chi connectivity index (χ0v) is 12.1. The van der Waals surface area contributed by atoms with Crippen molar-refractivity contribution in [2.75, 3.05) is 0 Å². The zero-order chi connectivity index (χ0) is 13.9. The summed E-state index contributed by atoms with van der Waals surface area (Å²) in [7, 11) is 0. The second-order valence-corrected chi connectivity index (χ2v) is 5.84. The lowest BCUT2D eigenvalue weighted by Gasteiger charge is -2.11. The maximum atomic E-state index is 5.58. The fourth-order valence-electron chi connectivity index (χ4n) is 2.65. The fourth-order valence-corrected chi connectivity index (χ4v) is 2.65. The van der Waals surface area contributed by atoms with E-state index in [1.165, 1.54) is 16.7 Å². The number of benzene rings is 1. The molecule has 0 N–H and O–H groups in total. The molecule has 1 aliphatic heterocycles. The lowest BCUT2D eigenvalue weighted by atomic mass is 9.99. The van der Waals surface area contributed by atoms with Crippen LogP contribution in [0.1, 0.15) is 41.9 Å². The van der Waals surface area contributed by atoms with Gasteiger partial charge in [-0.2, -0.15) is 0 Å². The monoisotopic (exact) mass is 266 g/mol. The lowest BCUT2D eigenvalue weighted by molar-refractivity contribution is 0.134. The quantitative estimate of drug-likeness (QED) is 0.841. The first-order valence-electron chi connectivity index (χ1n) is 7.27. The molecule has 1 aliphatic rings. The third-order valence-corrected chi connectivity index (χ3v) is 3.59. The Morgan fingerprint density at radius 2 is 2.00 bits per heavy atom. The standard InChI is InChI=1S/C18H20NO/c1-13(2)8-16-10-15-11-20-12-17(15)18(19-16)9-14-6-4-3-5-7-14/h3-7,13H,8-9,11-12H2,1-2H3. The summed E-state index contributed by atoms with van der Waals surface area (Å²) in [5.41, 5.74) is 6.01. The van der Waals surface area contributed by atoms with Gasteiger partial charge in [0.05, 0.1) is 18.9 Å². The maximum absolute atomic E-state index is 5.58. The van der Waals surface area contributed by atoms with Gasteiger partial charge in [0.15, 0.2) is 0 Å². The molecular weight excluding hydrogens is 246 g/mol. The van der Waals surface area contributed by atoms with E-state index in [-0.39, 0.29) is 0 Å². The van der Waals surface area contributed by atoms with E-state index < -0.39 is 0 Å². The predicted octanol–water partition coefficient (Wildman–Crippen LogP) is 3.70. The zero-order valence-electron chi connectivity index (χ0n) is 12.1. The minimum absolute atomic E-state index is 0.601.